The molecule has 1 rings (SSSR count). The summed E-state index contributed by atoms with van der Waals surface area (Å²) in [5, 5.41) is -0.490. The average Bonchev–Trinajstić information content (AvgIpc) is 1.85. The molecule has 0 fully saturated rings. The number of alkyl halides is 1. The molecule has 0 aliphatic heterocycles. The minimum absolute atomic E-state index is 0.490. The van der Waals surface area contributed by atoms with Gasteiger partial charge in [-0.15, -0.1) is 11.6 Å². The lowest BCUT2D eigenvalue weighted by atomic mass is 10.0. The van der Waals surface area contributed by atoms with Crippen LogP contribution in [0, 0.1) is 5.92 Å². The average molecular weight is 209 g/mol. The molecule has 1 nitrogen and oxygen atoms in total. The van der Waals surface area contributed by atoms with Crippen LogP contribution in [0.25, 0.3) is 0 Å². The number of carbonyl (C=O) groups is 1. The molecule has 2 unspecified atom stereocenters. The highest BCUT2D eigenvalue weighted by Gasteiger charge is 2.34. The fourth-order valence-electron chi connectivity index (χ4n) is 0.839. The van der Waals surface area contributed by atoms with Crippen molar-refractivity contribution in [3.63, 3.8) is 0 Å². The molecule has 0 aromatic rings. The number of halogens is 2. The largest absolute Gasteiger partial charge is 0.281 e. The fourth-order valence-corrected chi connectivity index (χ4v) is 1.75. The van der Waals surface area contributed by atoms with E-state index in [1.807, 2.05) is 0 Å². The van der Waals surface area contributed by atoms with Gasteiger partial charge in [-0.25, -0.2) is 0 Å². The van der Waals surface area contributed by atoms with E-state index >= 15 is 0 Å². The van der Waals surface area contributed by atoms with Gasteiger partial charge in [0.25, 0.3) is 0 Å². The molecule has 11 heavy (non-hydrogen) atoms. The number of carbonyl (C=O) groups excluding carboxylic acids is 1. The molecule has 0 spiro atoms. The molecule has 0 amide bonds. The molecule has 2 atom stereocenters. The van der Waals surface area contributed by atoms with Crippen molar-refractivity contribution in [2.45, 2.75) is 4.21 Å². The van der Waals surface area contributed by atoms with E-state index in [1.54, 1.807) is 24.3 Å². The maximum Gasteiger partial charge on any atom is 0.231 e. The summed E-state index contributed by atoms with van der Waals surface area (Å²) in [5.41, 5.74) is 0. The first-order chi connectivity index (χ1) is 5.04. The van der Waals surface area contributed by atoms with E-state index in [-0.39, 0.29) is 0 Å². The monoisotopic (exact) mass is 208 g/mol. The second-order valence-corrected chi connectivity index (χ2v) is 4.25. The summed E-state index contributed by atoms with van der Waals surface area (Å²) in [4.78, 5) is 10.8. The molecule has 4 heteroatoms. The molecular weight excluding hydrogens is 203 g/mol. The summed E-state index contributed by atoms with van der Waals surface area (Å²) in [7, 11) is 0. The summed E-state index contributed by atoms with van der Waals surface area (Å²) in [6.45, 7) is 0. The van der Waals surface area contributed by atoms with Gasteiger partial charge in [-0.2, -0.15) is 12.6 Å². The Kier molecular flexibility index (Phi) is 2.68. The van der Waals surface area contributed by atoms with Crippen molar-refractivity contribution in [1.82, 2.24) is 0 Å². The smallest absolute Gasteiger partial charge is 0.231 e. The molecule has 0 aromatic heterocycles. The van der Waals surface area contributed by atoms with Crippen LogP contribution in [-0.4, -0.2) is 9.45 Å². The van der Waals surface area contributed by atoms with Crippen LogP contribution >= 0.6 is 35.8 Å². The highest BCUT2D eigenvalue weighted by Crippen LogP contribution is 2.36. The Balaban J connectivity index is 2.89. The predicted molar refractivity (Wildman–Crippen MR) is 50.2 cm³/mol. The lowest BCUT2D eigenvalue weighted by molar-refractivity contribution is -0.113. The third-order valence-corrected chi connectivity index (χ3v) is 2.45. The maximum absolute atomic E-state index is 10.8. The van der Waals surface area contributed by atoms with Gasteiger partial charge in [-0.3, -0.25) is 4.79 Å². The molecule has 0 bridgehead atoms. The molecule has 60 valence electrons. The van der Waals surface area contributed by atoms with Crippen LogP contribution < -0.4 is 0 Å². The Morgan fingerprint density at radius 3 is 2.55 bits per heavy atom. The Morgan fingerprint density at radius 1 is 1.55 bits per heavy atom. The van der Waals surface area contributed by atoms with E-state index in [0.29, 0.717) is 0 Å². The van der Waals surface area contributed by atoms with Gasteiger partial charge < -0.3 is 0 Å². The summed E-state index contributed by atoms with van der Waals surface area (Å²) in [5.74, 6) is -0.542. The van der Waals surface area contributed by atoms with Crippen molar-refractivity contribution in [2.24, 2.45) is 5.92 Å². The number of allylic oxidation sites excluding steroid dienone is 3. The van der Waals surface area contributed by atoms with Crippen LogP contribution in [0.1, 0.15) is 0 Å². The molecule has 0 N–H and O–H groups in total. The second-order valence-electron chi connectivity index (χ2n) is 2.25. The number of rotatable bonds is 1. The van der Waals surface area contributed by atoms with Crippen molar-refractivity contribution in [1.29, 1.82) is 0 Å². The highest BCUT2D eigenvalue weighted by molar-refractivity contribution is 7.83. The summed E-state index contributed by atoms with van der Waals surface area (Å²) in [6.07, 6.45) is 6.72. The van der Waals surface area contributed by atoms with Gasteiger partial charge in [0.05, 0.1) is 5.92 Å². The van der Waals surface area contributed by atoms with Crippen molar-refractivity contribution in [3.05, 3.63) is 24.3 Å². The third kappa shape index (κ3) is 2.01. The molecule has 0 heterocycles. The van der Waals surface area contributed by atoms with Crippen molar-refractivity contribution < 1.29 is 4.79 Å². The number of hydrogen-bond donors (Lipinski definition) is 1. The predicted octanol–water partition coefficient (Wildman–Crippen LogP) is 2.36. The second kappa shape index (κ2) is 3.21. The molecular formula is C7H6Cl2OS. The van der Waals surface area contributed by atoms with Gasteiger partial charge in [0, 0.05) is 0 Å². The fraction of sp³-hybridized carbons (Fsp3) is 0.286. The zero-order chi connectivity index (χ0) is 8.48. The lowest BCUT2D eigenvalue weighted by Crippen LogP contribution is -2.28. The van der Waals surface area contributed by atoms with Crippen molar-refractivity contribution >= 4 is 41.1 Å². The van der Waals surface area contributed by atoms with E-state index in [2.05, 4.69) is 12.6 Å². The van der Waals surface area contributed by atoms with Gasteiger partial charge in [-0.05, 0) is 11.6 Å². The maximum atomic E-state index is 10.8. The molecule has 0 radical (unpaired) electrons. The van der Waals surface area contributed by atoms with Gasteiger partial charge >= 0.3 is 0 Å². The molecule has 1 aliphatic carbocycles. The Hall–Kier alpha value is 0.0800. The Labute approximate surface area is 80.5 Å². The van der Waals surface area contributed by atoms with Gasteiger partial charge in [-0.1, -0.05) is 24.3 Å². The first-order valence-corrected chi connectivity index (χ1v) is 4.21. The van der Waals surface area contributed by atoms with Gasteiger partial charge in [0.2, 0.25) is 5.24 Å². The summed E-state index contributed by atoms with van der Waals surface area (Å²) < 4.78 is -0.965. The van der Waals surface area contributed by atoms with Crippen LogP contribution in [0.4, 0.5) is 0 Å². The SMILES string of the molecule is O=C(Cl)C1C=CC=CC1(S)Cl. The van der Waals surface area contributed by atoms with Crippen LogP contribution in [0.5, 0.6) is 0 Å². The van der Waals surface area contributed by atoms with E-state index in [1.165, 1.54) is 0 Å². The minimum atomic E-state index is -0.965. The standard InChI is InChI=1S/C7H6Cl2OS/c8-6(10)5-3-1-2-4-7(5,9)11/h1-5,11H. The van der Waals surface area contributed by atoms with E-state index in [9.17, 15) is 4.79 Å². The van der Waals surface area contributed by atoms with Crippen LogP contribution in [0.3, 0.4) is 0 Å². The molecule has 0 saturated heterocycles. The number of hydrogen-bond acceptors (Lipinski definition) is 2. The molecule has 1 aliphatic rings. The molecule has 0 saturated carbocycles. The summed E-state index contributed by atoms with van der Waals surface area (Å²) >= 11 is 15.2. The Bertz CT molecular complexity index is 233. The van der Waals surface area contributed by atoms with Gasteiger partial charge in [0.15, 0.2) is 0 Å². The quantitative estimate of drug-likeness (QED) is 0.398. The third-order valence-electron chi connectivity index (χ3n) is 1.43. The van der Waals surface area contributed by atoms with E-state index < -0.39 is 15.4 Å². The van der Waals surface area contributed by atoms with Crippen molar-refractivity contribution in [2.75, 3.05) is 0 Å². The van der Waals surface area contributed by atoms with Crippen LogP contribution in [-0.2, 0) is 4.79 Å². The molecule has 0 aromatic carbocycles. The first-order valence-electron chi connectivity index (χ1n) is 3.01. The zero-order valence-corrected chi connectivity index (χ0v) is 7.90. The first kappa shape index (κ1) is 9.17. The zero-order valence-electron chi connectivity index (χ0n) is 5.50. The van der Waals surface area contributed by atoms with Crippen molar-refractivity contribution in [3.8, 4) is 0 Å². The topological polar surface area (TPSA) is 17.1 Å². The van der Waals surface area contributed by atoms with E-state index in [4.69, 9.17) is 23.2 Å². The van der Waals surface area contributed by atoms with Gasteiger partial charge in [0.1, 0.15) is 4.21 Å². The normalized spacial score (nSPS) is 35.7. The number of thiol groups is 1. The van der Waals surface area contributed by atoms with E-state index in [0.717, 1.165) is 0 Å². The lowest BCUT2D eigenvalue weighted by Gasteiger charge is -2.24. The Morgan fingerprint density at radius 2 is 2.18 bits per heavy atom. The highest BCUT2D eigenvalue weighted by atomic mass is 35.5. The van der Waals surface area contributed by atoms with Crippen LogP contribution in [0.15, 0.2) is 24.3 Å². The van der Waals surface area contributed by atoms with Crippen LogP contribution in [0.2, 0.25) is 0 Å². The summed E-state index contributed by atoms with van der Waals surface area (Å²) in [6, 6.07) is 0. The minimum Gasteiger partial charge on any atom is -0.281 e.